The monoisotopic (exact) mass is 293 g/mol. The second-order valence-electron chi connectivity index (χ2n) is 5.24. The minimum atomic E-state index is -0.597. The van der Waals surface area contributed by atoms with E-state index in [1.54, 1.807) is 12.1 Å². The topological polar surface area (TPSA) is 85.2 Å². The summed E-state index contributed by atoms with van der Waals surface area (Å²) in [5.41, 5.74) is 0.263. The molecule has 1 unspecified atom stereocenters. The van der Waals surface area contributed by atoms with Crippen LogP contribution in [0.5, 0.6) is 0 Å². The van der Waals surface area contributed by atoms with E-state index in [9.17, 15) is 9.90 Å². The third kappa shape index (κ3) is 3.21. The molecule has 6 heteroatoms. The van der Waals surface area contributed by atoms with Crippen LogP contribution in [0.4, 0.5) is 10.5 Å². The molecule has 2 amide bonds. The molecule has 1 aromatic carbocycles. The second-order valence-corrected chi connectivity index (χ2v) is 5.64. The van der Waals surface area contributed by atoms with Crippen molar-refractivity contribution in [3.05, 3.63) is 28.8 Å². The molecule has 1 aromatic rings. The maximum absolute atomic E-state index is 11.9. The van der Waals surface area contributed by atoms with Crippen molar-refractivity contribution >= 4 is 23.3 Å². The number of halogens is 1. The Bertz CT molecular complexity index is 566. The summed E-state index contributed by atoms with van der Waals surface area (Å²) in [5, 5.41) is 23.9. The van der Waals surface area contributed by atoms with Crippen molar-refractivity contribution < 1.29 is 9.90 Å². The molecule has 20 heavy (non-hydrogen) atoms. The summed E-state index contributed by atoms with van der Waals surface area (Å²) in [7, 11) is 0. The van der Waals surface area contributed by atoms with Crippen LogP contribution in [0.15, 0.2) is 18.2 Å². The van der Waals surface area contributed by atoms with Gasteiger partial charge in [0, 0.05) is 5.69 Å². The van der Waals surface area contributed by atoms with Crippen molar-refractivity contribution in [3.8, 4) is 6.07 Å². The SMILES string of the molecule is CC(CO)(NC(=O)Nc1ccc(C#N)c(Cl)c1)C1CC1. The predicted octanol–water partition coefficient (Wildman–Crippen LogP) is 2.49. The number of nitriles is 1. The molecule has 1 saturated carbocycles. The fraction of sp³-hybridized carbons (Fsp3) is 0.429. The summed E-state index contributed by atoms with van der Waals surface area (Å²) in [4.78, 5) is 11.9. The number of aliphatic hydroxyl groups excluding tert-OH is 1. The van der Waals surface area contributed by atoms with Crippen molar-refractivity contribution in [1.82, 2.24) is 5.32 Å². The average Bonchev–Trinajstić information content (AvgIpc) is 3.23. The Hall–Kier alpha value is -1.77. The first-order chi connectivity index (χ1) is 9.48. The van der Waals surface area contributed by atoms with Gasteiger partial charge in [-0.2, -0.15) is 5.26 Å². The highest BCUT2D eigenvalue weighted by molar-refractivity contribution is 6.32. The van der Waals surface area contributed by atoms with Gasteiger partial charge in [-0.1, -0.05) is 11.6 Å². The fourth-order valence-electron chi connectivity index (χ4n) is 2.10. The third-order valence-corrected chi connectivity index (χ3v) is 3.87. The number of nitrogens with one attached hydrogen (secondary N) is 2. The number of rotatable bonds is 4. The number of nitrogens with zero attached hydrogens (tertiary/aromatic N) is 1. The smallest absolute Gasteiger partial charge is 0.319 e. The third-order valence-electron chi connectivity index (χ3n) is 3.55. The molecule has 0 saturated heterocycles. The van der Waals surface area contributed by atoms with Crippen LogP contribution in [-0.2, 0) is 0 Å². The molecular weight excluding hydrogens is 278 g/mol. The lowest BCUT2D eigenvalue weighted by atomic mass is 9.97. The zero-order valence-corrected chi connectivity index (χ0v) is 11.9. The molecule has 0 aromatic heterocycles. The number of amides is 2. The Morgan fingerprint density at radius 1 is 1.60 bits per heavy atom. The largest absolute Gasteiger partial charge is 0.394 e. The number of aliphatic hydroxyl groups is 1. The van der Waals surface area contributed by atoms with Gasteiger partial charge in [-0.15, -0.1) is 0 Å². The van der Waals surface area contributed by atoms with Crippen molar-refractivity contribution in [3.63, 3.8) is 0 Å². The Labute approximate surface area is 122 Å². The summed E-state index contributed by atoms with van der Waals surface area (Å²) < 4.78 is 0. The van der Waals surface area contributed by atoms with Crippen LogP contribution in [0.1, 0.15) is 25.3 Å². The van der Waals surface area contributed by atoms with Crippen molar-refractivity contribution in [1.29, 1.82) is 5.26 Å². The fourth-order valence-corrected chi connectivity index (χ4v) is 2.32. The molecule has 1 aliphatic rings. The Morgan fingerprint density at radius 3 is 2.80 bits per heavy atom. The van der Waals surface area contributed by atoms with Gasteiger partial charge in [0.2, 0.25) is 0 Å². The number of hydrogen-bond donors (Lipinski definition) is 3. The number of hydrogen-bond acceptors (Lipinski definition) is 3. The standard InChI is InChI=1S/C14H16ClN3O2/c1-14(8-19,10-3-4-10)18-13(20)17-11-5-2-9(7-16)12(15)6-11/h2,5-6,10,19H,3-4,8H2,1H3,(H2,17,18,20). The first kappa shape index (κ1) is 14.6. The summed E-state index contributed by atoms with van der Waals surface area (Å²) in [6, 6.07) is 6.23. The lowest BCUT2D eigenvalue weighted by Gasteiger charge is -2.28. The van der Waals surface area contributed by atoms with E-state index in [1.807, 2.05) is 13.0 Å². The van der Waals surface area contributed by atoms with E-state index in [0.717, 1.165) is 12.8 Å². The molecule has 2 rings (SSSR count). The minimum Gasteiger partial charge on any atom is -0.394 e. The molecule has 5 nitrogen and oxygen atoms in total. The van der Waals surface area contributed by atoms with E-state index < -0.39 is 11.6 Å². The first-order valence-electron chi connectivity index (χ1n) is 6.38. The molecule has 1 aliphatic carbocycles. The van der Waals surface area contributed by atoms with Gasteiger partial charge < -0.3 is 15.7 Å². The zero-order valence-electron chi connectivity index (χ0n) is 11.1. The first-order valence-corrected chi connectivity index (χ1v) is 6.76. The van der Waals surface area contributed by atoms with Gasteiger partial charge in [0.15, 0.2) is 0 Å². The number of urea groups is 1. The quantitative estimate of drug-likeness (QED) is 0.797. The lowest BCUT2D eigenvalue weighted by Crippen LogP contribution is -2.52. The van der Waals surface area contributed by atoms with E-state index in [1.165, 1.54) is 6.07 Å². The molecule has 1 fully saturated rings. The molecule has 0 heterocycles. The summed E-state index contributed by atoms with van der Waals surface area (Å²) in [6.45, 7) is 1.73. The minimum absolute atomic E-state index is 0.0980. The van der Waals surface area contributed by atoms with Gasteiger partial charge in [0.25, 0.3) is 0 Å². The molecule has 1 atom stereocenters. The van der Waals surface area contributed by atoms with Crippen LogP contribution in [0.2, 0.25) is 5.02 Å². The van der Waals surface area contributed by atoms with E-state index in [2.05, 4.69) is 10.6 Å². The van der Waals surface area contributed by atoms with Crippen LogP contribution >= 0.6 is 11.6 Å². The van der Waals surface area contributed by atoms with Gasteiger partial charge in [-0.05, 0) is 43.9 Å². The van der Waals surface area contributed by atoms with Gasteiger partial charge in [0.1, 0.15) is 6.07 Å². The Kier molecular flexibility index (Phi) is 4.17. The Morgan fingerprint density at radius 2 is 2.30 bits per heavy atom. The maximum atomic E-state index is 11.9. The van der Waals surface area contributed by atoms with Crippen LogP contribution in [0, 0.1) is 17.2 Å². The molecule has 0 spiro atoms. The zero-order chi connectivity index (χ0) is 14.8. The predicted molar refractivity (Wildman–Crippen MR) is 76.5 cm³/mol. The molecular formula is C14H16ClN3O2. The van der Waals surface area contributed by atoms with Crippen LogP contribution < -0.4 is 10.6 Å². The van der Waals surface area contributed by atoms with Gasteiger partial charge >= 0.3 is 6.03 Å². The summed E-state index contributed by atoms with van der Waals surface area (Å²) >= 11 is 5.90. The van der Waals surface area contributed by atoms with E-state index in [0.29, 0.717) is 17.2 Å². The highest BCUT2D eigenvalue weighted by Crippen LogP contribution is 2.39. The van der Waals surface area contributed by atoms with E-state index >= 15 is 0 Å². The molecule has 0 bridgehead atoms. The van der Waals surface area contributed by atoms with Crippen LogP contribution in [0.3, 0.4) is 0 Å². The Balaban J connectivity index is 2.01. The average molecular weight is 294 g/mol. The van der Waals surface area contributed by atoms with Crippen LogP contribution in [-0.4, -0.2) is 23.3 Å². The normalized spacial score (nSPS) is 16.9. The van der Waals surface area contributed by atoms with Crippen molar-refractivity contribution in [2.75, 3.05) is 11.9 Å². The second kappa shape index (κ2) is 5.70. The summed E-state index contributed by atoms with van der Waals surface area (Å²) in [6.07, 6.45) is 2.03. The van der Waals surface area contributed by atoms with E-state index in [4.69, 9.17) is 16.9 Å². The van der Waals surface area contributed by atoms with Gasteiger partial charge in [-0.25, -0.2) is 4.79 Å². The van der Waals surface area contributed by atoms with E-state index in [-0.39, 0.29) is 11.6 Å². The lowest BCUT2D eigenvalue weighted by molar-refractivity contribution is 0.159. The molecule has 3 N–H and O–H groups in total. The van der Waals surface area contributed by atoms with Crippen molar-refractivity contribution in [2.24, 2.45) is 5.92 Å². The maximum Gasteiger partial charge on any atom is 0.319 e. The number of anilines is 1. The molecule has 0 radical (unpaired) electrons. The van der Waals surface area contributed by atoms with Crippen molar-refractivity contribution in [2.45, 2.75) is 25.3 Å². The number of carbonyl (C=O) groups is 1. The van der Waals surface area contributed by atoms with Gasteiger partial charge in [0.05, 0.1) is 22.7 Å². The molecule has 0 aliphatic heterocycles. The van der Waals surface area contributed by atoms with Gasteiger partial charge in [-0.3, -0.25) is 0 Å². The highest BCUT2D eigenvalue weighted by Gasteiger charge is 2.42. The number of benzene rings is 1. The summed E-state index contributed by atoms with van der Waals surface area (Å²) in [5.74, 6) is 0.322. The molecule has 106 valence electrons. The number of carbonyl (C=O) groups excluding carboxylic acids is 1. The van der Waals surface area contributed by atoms with Crippen LogP contribution in [0.25, 0.3) is 0 Å². The highest BCUT2D eigenvalue weighted by atomic mass is 35.5.